The minimum atomic E-state index is -0.338. The van der Waals surface area contributed by atoms with Gasteiger partial charge in [-0.05, 0) is 65.2 Å². The fourth-order valence-electron chi connectivity index (χ4n) is 2.14. The second-order valence-corrected chi connectivity index (χ2v) is 6.58. The largest absolute Gasteiger partial charge is 0.378 e. The van der Waals surface area contributed by atoms with Gasteiger partial charge in [0.2, 0.25) is 0 Å². The van der Waals surface area contributed by atoms with Crippen molar-refractivity contribution in [3.8, 4) is 0 Å². The average molecular weight is 372 g/mol. The van der Waals surface area contributed by atoms with Crippen LogP contribution in [0.2, 0.25) is 5.02 Å². The number of hydrogen-bond donors (Lipinski definition) is 2. The van der Waals surface area contributed by atoms with Gasteiger partial charge in [0.25, 0.3) is 0 Å². The molecule has 2 aromatic carbocycles. The lowest BCUT2D eigenvalue weighted by Gasteiger charge is -2.31. The van der Waals surface area contributed by atoms with Crippen LogP contribution in [0.4, 0.5) is 10.1 Å². The summed E-state index contributed by atoms with van der Waals surface area (Å²) in [7, 11) is 0. The van der Waals surface area contributed by atoms with Crippen molar-refractivity contribution in [2.24, 2.45) is 5.73 Å². The van der Waals surface area contributed by atoms with Crippen LogP contribution < -0.4 is 11.1 Å². The zero-order valence-corrected chi connectivity index (χ0v) is 14.0. The van der Waals surface area contributed by atoms with E-state index < -0.39 is 0 Å². The zero-order valence-electron chi connectivity index (χ0n) is 11.7. The van der Waals surface area contributed by atoms with Crippen LogP contribution in [-0.2, 0) is 6.42 Å². The Morgan fingerprint density at radius 1 is 1.24 bits per heavy atom. The lowest BCUT2D eigenvalue weighted by Crippen LogP contribution is -2.44. The summed E-state index contributed by atoms with van der Waals surface area (Å²) < 4.78 is 13.8. The molecule has 0 amide bonds. The SMILES string of the molecule is CC(CN)(Cc1ccc(F)cc1)Nc1ccc(Br)c(Cl)c1. The Bertz CT molecular complexity index is 618. The van der Waals surface area contributed by atoms with Gasteiger partial charge in [0, 0.05) is 16.7 Å². The van der Waals surface area contributed by atoms with E-state index in [-0.39, 0.29) is 11.4 Å². The van der Waals surface area contributed by atoms with Crippen LogP contribution in [0.15, 0.2) is 46.9 Å². The van der Waals surface area contributed by atoms with Gasteiger partial charge in [-0.25, -0.2) is 4.39 Å². The van der Waals surface area contributed by atoms with Gasteiger partial charge in [0.15, 0.2) is 0 Å². The molecular weight excluding hydrogens is 355 g/mol. The second-order valence-electron chi connectivity index (χ2n) is 5.32. The van der Waals surface area contributed by atoms with E-state index in [1.165, 1.54) is 12.1 Å². The summed E-state index contributed by atoms with van der Waals surface area (Å²) in [5.74, 6) is -0.235. The molecule has 0 spiro atoms. The molecule has 0 aliphatic rings. The Morgan fingerprint density at radius 3 is 2.48 bits per heavy atom. The molecule has 2 nitrogen and oxygen atoms in total. The zero-order chi connectivity index (χ0) is 15.5. The topological polar surface area (TPSA) is 38.0 Å². The van der Waals surface area contributed by atoms with E-state index in [0.29, 0.717) is 18.0 Å². The van der Waals surface area contributed by atoms with Crippen molar-refractivity contribution in [1.29, 1.82) is 0 Å². The van der Waals surface area contributed by atoms with Gasteiger partial charge < -0.3 is 11.1 Å². The van der Waals surface area contributed by atoms with Gasteiger partial charge in [-0.15, -0.1) is 0 Å². The van der Waals surface area contributed by atoms with Gasteiger partial charge in [0.1, 0.15) is 5.82 Å². The molecule has 1 atom stereocenters. The van der Waals surface area contributed by atoms with Crippen LogP contribution in [0.25, 0.3) is 0 Å². The monoisotopic (exact) mass is 370 g/mol. The molecule has 0 aliphatic carbocycles. The van der Waals surface area contributed by atoms with Crippen molar-refractivity contribution in [2.75, 3.05) is 11.9 Å². The minimum Gasteiger partial charge on any atom is -0.378 e. The molecular formula is C16H17BrClFN2. The van der Waals surface area contributed by atoms with Gasteiger partial charge in [-0.2, -0.15) is 0 Å². The highest BCUT2D eigenvalue weighted by Gasteiger charge is 2.23. The van der Waals surface area contributed by atoms with Gasteiger partial charge in [0.05, 0.1) is 10.6 Å². The fourth-order valence-corrected chi connectivity index (χ4v) is 2.57. The van der Waals surface area contributed by atoms with E-state index in [2.05, 4.69) is 21.2 Å². The van der Waals surface area contributed by atoms with Crippen molar-refractivity contribution < 1.29 is 4.39 Å². The van der Waals surface area contributed by atoms with E-state index in [9.17, 15) is 4.39 Å². The van der Waals surface area contributed by atoms with Crippen LogP contribution >= 0.6 is 27.5 Å². The molecule has 0 fully saturated rings. The maximum atomic E-state index is 13.0. The number of rotatable bonds is 5. The summed E-state index contributed by atoms with van der Waals surface area (Å²) in [6.45, 7) is 2.48. The van der Waals surface area contributed by atoms with E-state index in [0.717, 1.165) is 15.7 Å². The Kier molecular flexibility index (Phi) is 5.25. The Balaban J connectivity index is 2.16. The Hall–Kier alpha value is -1.10. The first-order valence-corrected chi connectivity index (χ1v) is 7.77. The smallest absolute Gasteiger partial charge is 0.123 e. The van der Waals surface area contributed by atoms with E-state index in [1.807, 2.05) is 25.1 Å². The molecule has 0 saturated carbocycles. The highest BCUT2D eigenvalue weighted by atomic mass is 79.9. The summed E-state index contributed by atoms with van der Waals surface area (Å²) in [4.78, 5) is 0. The van der Waals surface area contributed by atoms with E-state index in [1.54, 1.807) is 12.1 Å². The van der Waals surface area contributed by atoms with Crippen LogP contribution in [0.3, 0.4) is 0 Å². The molecule has 0 bridgehead atoms. The second kappa shape index (κ2) is 6.77. The number of nitrogens with one attached hydrogen (secondary N) is 1. The molecule has 0 aromatic heterocycles. The van der Waals surface area contributed by atoms with Gasteiger partial charge >= 0.3 is 0 Å². The van der Waals surface area contributed by atoms with Crippen LogP contribution in [-0.4, -0.2) is 12.1 Å². The predicted octanol–water partition coefficient (Wildman–Crippen LogP) is 4.61. The third-order valence-corrected chi connectivity index (χ3v) is 4.56. The maximum Gasteiger partial charge on any atom is 0.123 e. The van der Waals surface area contributed by atoms with Gasteiger partial charge in [-0.1, -0.05) is 23.7 Å². The van der Waals surface area contributed by atoms with Crippen molar-refractivity contribution >= 4 is 33.2 Å². The van der Waals surface area contributed by atoms with E-state index >= 15 is 0 Å². The molecule has 2 rings (SSSR count). The van der Waals surface area contributed by atoms with Crippen LogP contribution in [0.1, 0.15) is 12.5 Å². The Labute approximate surface area is 137 Å². The first-order valence-electron chi connectivity index (χ1n) is 6.60. The predicted molar refractivity (Wildman–Crippen MR) is 90.3 cm³/mol. The van der Waals surface area contributed by atoms with E-state index in [4.69, 9.17) is 17.3 Å². The number of nitrogens with two attached hydrogens (primary N) is 1. The number of halogens is 3. The molecule has 5 heteroatoms. The minimum absolute atomic E-state index is 0.235. The molecule has 3 N–H and O–H groups in total. The summed E-state index contributed by atoms with van der Waals surface area (Å²) in [6, 6.07) is 12.2. The molecule has 21 heavy (non-hydrogen) atoms. The summed E-state index contributed by atoms with van der Waals surface area (Å²) >= 11 is 9.47. The molecule has 0 saturated heterocycles. The van der Waals surface area contributed by atoms with Crippen molar-refractivity contribution in [1.82, 2.24) is 0 Å². The van der Waals surface area contributed by atoms with Crippen LogP contribution in [0.5, 0.6) is 0 Å². The number of benzene rings is 2. The molecule has 0 heterocycles. The normalized spacial score (nSPS) is 13.8. The van der Waals surface area contributed by atoms with Gasteiger partial charge in [-0.3, -0.25) is 0 Å². The summed E-state index contributed by atoms with van der Waals surface area (Å²) in [5, 5.41) is 4.05. The standard InChI is InChI=1S/C16H17BrClFN2/c1-16(10-20,9-11-2-4-12(19)5-3-11)21-13-6-7-14(17)15(18)8-13/h2-8,21H,9-10,20H2,1H3. The molecule has 1 unspecified atom stereocenters. The molecule has 2 aromatic rings. The summed E-state index contributed by atoms with van der Waals surface area (Å²) in [6.07, 6.45) is 0.692. The van der Waals surface area contributed by atoms with Crippen molar-refractivity contribution in [3.63, 3.8) is 0 Å². The fraction of sp³-hybridized carbons (Fsp3) is 0.250. The lowest BCUT2D eigenvalue weighted by molar-refractivity contribution is 0.520. The van der Waals surface area contributed by atoms with Crippen molar-refractivity contribution in [3.05, 3.63) is 63.3 Å². The first kappa shape index (κ1) is 16.3. The number of hydrogen-bond acceptors (Lipinski definition) is 2. The summed E-state index contributed by atoms with van der Waals surface area (Å²) in [5.41, 5.74) is 7.51. The maximum absolute atomic E-state index is 13.0. The third kappa shape index (κ3) is 4.43. The molecule has 112 valence electrons. The number of anilines is 1. The lowest BCUT2D eigenvalue weighted by atomic mass is 9.92. The Morgan fingerprint density at radius 2 is 1.90 bits per heavy atom. The average Bonchev–Trinajstić information content (AvgIpc) is 2.45. The first-order chi connectivity index (χ1) is 9.92. The van der Waals surface area contributed by atoms with Crippen molar-refractivity contribution in [2.45, 2.75) is 18.9 Å². The van der Waals surface area contributed by atoms with Crippen LogP contribution in [0, 0.1) is 5.82 Å². The molecule has 0 radical (unpaired) electrons. The highest BCUT2D eigenvalue weighted by Crippen LogP contribution is 2.27. The molecule has 0 aliphatic heterocycles. The highest BCUT2D eigenvalue weighted by molar-refractivity contribution is 9.10. The quantitative estimate of drug-likeness (QED) is 0.805. The third-order valence-electron chi connectivity index (χ3n) is 3.32.